The van der Waals surface area contributed by atoms with Crippen LogP contribution >= 0.6 is 0 Å². The van der Waals surface area contributed by atoms with Gasteiger partial charge in [0.05, 0.1) is 13.2 Å². The highest BCUT2D eigenvalue weighted by molar-refractivity contribution is 5.77. The highest BCUT2D eigenvalue weighted by Gasteiger charge is 2.26. The maximum atomic E-state index is 14.2. The van der Waals surface area contributed by atoms with Crippen LogP contribution < -0.4 is 0 Å². The predicted octanol–water partition coefficient (Wildman–Crippen LogP) is 3.51. The summed E-state index contributed by atoms with van der Waals surface area (Å²) in [5, 5.41) is 1.40. The van der Waals surface area contributed by atoms with Gasteiger partial charge in [-0.2, -0.15) is 0 Å². The maximum Gasteiger partial charge on any atom is 0.247 e. The van der Waals surface area contributed by atoms with Gasteiger partial charge in [-0.3, -0.25) is 9.63 Å². The van der Waals surface area contributed by atoms with Gasteiger partial charge in [0.2, 0.25) is 5.91 Å². The normalized spacial score (nSPS) is 15.8. The molecule has 1 aliphatic heterocycles. The molecule has 0 aliphatic carbocycles. The second-order valence-corrected chi connectivity index (χ2v) is 5.37. The van der Waals surface area contributed by atoms with Crippen LogP contribution in [0.15, 0.2) is 54.6 Å². The molecular formula is C18H18FNO2. The molecule has 22 heavy (non-hydrogen) atoms. The van der Waals surface area contributed by atoms with Crippen LogP contribution in [-0.4, -0.2) is 24.1 Å². The second kappa shape index (κ2) is 6.71. The monoisotopic (exact) mass is 299 g/mol. The van der Waals surface area contributed by atoms with Crippen molar-refractivity contribution in [1.29, 1.82) is 0 Å². The van der Waals surface area contributed by atoms with Gasteiger partial charge in [0.15, 0.2) is 0 Å². The third-order valence-electron chi connectivity index (χ3n) is 3.89. The van der Waals surface area contributed by atoms with Crippen molar-refractivity contribution in [2.45, 2.75) is 18.8 Å². The van der Waals surface area contributed by atoms with Gasteiger partial charge in [-0.25, -0.2) is 9.45 Å². The number of amides is 1. The summed E-state index contributed by atoms with van der Waals surface area (Å²) in [6.45, 7) is 1.18. The molecule has 114 valence electrons. The molecule has 1 unspecified atom stereocenters. The van der Waals surface area contributed by atoms with Crippen LogP contribution in [0.3, 0.4) is 0 Å². The van der Waals surface area contributed by atoms with Crippen molar-refractivity contribution < 1.29 is 14.0 Å². The fourth-order valence-electron chi connectivity index (χ4n) is 2.77. The maximum absolute atomic E-state index is 14.2. The molecule has 1 aliphatic rings. The van der Waals surface area contributed by atoms with Crippen LogP contribution in [0.1, 0.15) is 29.9 Å². The molecule has 0 aromatic heterocycles. The molecule has 4 heteroatoms. The van der Waals surface area contributed by atoms with Gasteiger partial charge in [0.1, 0.15) is 5.82 Å². The zero-order valence-corrected chi connectivity index (χ0v) is 12.2. The summed E-state index contributed by atoms with van der Waals surface area (Å²) in [5.41, 5.74) is 1.47. The Labute approximate surface area is 129 Å². The Kier molecular flexibility index (Phi) is 4.49. The smallest absolute Gasteiger partial charge is 0.247 e. The van der Waals surface area contributed by atoms with Crippen LogP contribution in [0, 0.1) is 5.82 Å². The summed E-state index contributed by atoms with van der Waals surface area (Å²) in [5.74, 6) is -0.694. The number of benzene rings is 2. The third kappa shape index (κ3) is 3.17. The van der Waals surface area contributed by atoms with Crippen molar-refractivity contribution in [2.24, 2.45) is 0 Å². The fraction of sp³-hybridized carbons (Fsp3) is 0.278. The van der Waals surface area contributed by atoms with E-state index in [1.807, 2.05) is 30.3 Å². The minimum absolute atomic E-state index is 0.102. The minimum Gasteiger partial charge on any atom is -0.273 e. The van der Waals surface area contributed by atoms with E-state index < -0.39 is 0 Å². The van der Waals surface area contributed by atoms with E-state index in [1.165, 1.54) is 11.1 Å². The minimum atomic E-state index is -0.306. The Hall–Kier alpha value is -2.20. The average molecular weight is 299 g/mol. The second-order valence-electron chi connectivity index (χ2n) is 5.37. The van der Waals surface area contributed by atoms with Crippen molar-refractivity contribution in [3.05, 3.63) is 71.5 Å². The first kappa shape index (κ1) is 14.7. The zero-order valence-electron chi connectivity index (χ0n) is 12.2. The van der Waals surface area contributed by atoms with E-state index in [9.17, 15) is 9.18 Å². The van der Waals surface area contributed by atoms with Crippen molar-refractivity contribution in [3.63, 3.8) is 0 Å². The Balaban J connectivity index is 1.90. The number of hydroxylamine groups is 2. The fourth-order valence-corrected chi connectivity index (χ4v) is 2.77. The van der Waals surface area contributed by atoms with Crippen molar-refractivity contribution in [3.8, 4) is 0 Å². The van der Waals surface area contributed by atoms with Crippen LogP contribution in [-0.2, 0) is 9.63 Å². The molecule has 0 bridgehead atoms. The molecule has 1 atom stereocenters. The molecule has 3 rings (SSSR count). The van der Waals surface area contributed by atoms with E-state index in [0.29, 0.717) is 18.7 Å². The summed E-state index contributed by atoms with van der Waals surface area (Å²) < 4.78 is 14.2. The van der Waals surface area contributed by atoms with Gasteiger partial charge in [0.25, 0.3) is 0 Å². The van der Waals surface area contributed by atoms with Crippen LogP contribution in [0.2, 0.25) is 0 Å². The van der Waals surface area contributed by atoms with Gasteiger partial charge in [-0.05, 0) is 23.6 Å². The molecule has 1 heterocycles. The molecule has 2 aromatic rings. The highest BCUT2D eigenvalue weighted by atomic mass is 19.1. The first-order valence-electron chi connectivity index (χ1n) is 7.48. The molecule has 0 N–H and O–H groups in total. The molecular weight excluding hydrogens is 281 g/mol. The highest BCUT2D eigenvalue weighted by Crippen LogP contribution is 2.30. The van der Waals surface area contributed by atoms with Gasteiger partial charge in [-0.1, -0.05) is 48.5 Å². The van der Waals surface area contributed by atoms with Gasteiger partial charge < -0.3 is 0 Å². The number of carbonyl (C=O) groups is 1. The number of hydrogen-bond acceptors (Lipinski definition) is 2. The van der Waals surface area contributed by atoms with E-state index in [1.54, 1.807) is 18.2 Å². The Morgan fingerprint density at radius 1 is 1.14 bits per heavy atom. The standard InChI is InChI=1S/C18H18FNO2/c19-17-10-5-4-9-15(17)16(14-7-2-1-3-8-14)13-18(21)20-11-6-12-22-20/h1-5,7-10,16H,6,11-13H2. The Morgan fingerprint density at radius 3 is 2.55 bits per heavy atom. The largest absolute Gasteiger partial charge is 0.273 e. The molecule has 2 aromatic carbocycles. The summed E-state index contributed by atoms with van der Waals surface area (Å²) >= 11 is 0. The molecule has 1 fully saturated rings. The lowest BCUT2D eigenvalue weighted by Crippen LogP contribution is -2.28. The van der Waals surface area contributed by atoms with E-state index >= 15 is 0 Å². The number of carbonyl (C=O) groups excluding carboxylic acids is 1. The molecule has 0 saturated carbocycles. The van der Waals surface area contributed by atoms with Crippen molar-refractivity contribution in [2.75, 3.05) is 13.2 Å². The molecule has 1 saturated heterocycles. The van der Waals surface area contributed by atoms with Crippen molar-refractivity contribution >= 4 is 5.91 Å². The Morgan fingerprint density at radius 2 is 1.86 bits per heavy atom. The first-order chi connectivity index (χ1) is 10.8. The first-order valence-corrected chi connectivity index (χ1v) is 7.48. The molecule has 3 nitrogen and oxygen atoms in total. The number of nitrogens with zero attached hydrogens (tertiary/aromatic N) is 1. The van der Waals surface area contributed by atoms with E-state index in [2.05, 4.69) is 0 Å². The van der Waals surface area contributed by atoms with Crippen LogP contribution in [0.25, 0.3) is 0 Å². The SMILES string of the molecule is O=C(CC(c1ccccc1)c1ccccc1F)N1CCCO1. The van der Waals surface area contributed by atoms with Crippen LogP contribution in [0.4, 0.5) is 4.39 Å². The topological polar surface area (TPSA) is 29.5 Å². The van der Waals surface area contributed by atoms with E-state index in [4.69, 9.17) is 4.84 Å². The summed E-state index contributed by atoms with van der Waals surface area (Å²) in [6.07, 6.45) is 1.05. The number of hydrogen-bond donors (Lipinski definition) is 0. The van der Waals surface area contributed by atoms with E-state index in [0.717, 1.165) is 12.0 Å². The van der Waals surface area contributed by atoms with Crippen LogP contribution in [0.5, 0.6) is 0 Å². The lowest BCUT2D eigenvalue weighted by Gasteiger charge is -2.21. The third-order valence-corrected chi connectivity index (χ3v) is 3.89. The molecule has 0 spiro atoms. The summed E-state index contributed by atoms with van der Waals surface area (Å²) in [7, 11) is 0. The average Bonchev–Trinajstić information content (AvgIpc) is 3.09. The van der Waals surface area contributed by atoms with Gasteiger partial charge >= 0.3 is 0 Å². The summed E-state index contributed by atoms with van der Waals surface area (Å²) in [6, 6.07) is 16.2. The number of rotatable bonds is 4. The Bertz CT molecular complexity index is 639. The number of halogens is 1. The lowest BCUT2D eigenvalue weighted by atomic mass is 9.88. The molecule has 1 amide bonds. The predicted molar refractivity (Wildman–Crippen MR) is 81.6 cm³/mol. The lowest BCUT2D eigenvalue weighted by molar-refractivity contribution is -0.168. The van der Waals surface area contributed by atoms with E-state index in [-0.39, 0.29) is 24.1 Å². The van der Waals surface area contributed by atoms with Crippen molar-refractivity contribution in [1.82, 2.24) is 5.06 Å². The molecule has 0 radical (unpaired) electrons. The summed E-state index contributed by atoms with van der Waals surface area (Å²) in [4.78, 5) is 17.7. The quantitative estimate of drug-likeness (QED) is 0.864. The van der Waals surface area contributed by atoms with Gasteiger partial charge in [0, 0.05) is 12.3 Å². The van der Waals surface area contributed by atoms with Gasteiger partial charge in [-0.15, -0.1) is 0 Å². The zero-order chi connectivity index (χ0) is 15.4.